The van der Waals surface area contributed by atoms with Crippen molar-refractivity contribution in [1.82, 2.24) is 4.83 Å². The van der Waals surface area contributed by atoms with Crippen LogP contribution in [-0.4, -0.2) is 14.1 Å². The van der Waals surface area contributed by atoms with Gasteiger partial charge < -0.3 is 0 Å². The molecule has 4 rings (SSSR count). The molecular weight excluding hydrogens is 380 g/mol. The molecule has 0 spiro atoms. The van der Waals surface area contributed by atoms with Crippen molar-refractivity contribution in [3.8, 4) is 0 Å². The highest BCUT2D eigenvalue weighted by Crippen LogP contribution is 2.21. The summed E-state index contributed by atoms with van der Waals surface area (Å²) in [5.74, 6) is 0. The van der Waals surface area contributed by atoms with Crippen LogP contribution in [0.2, 0.25) is 0 Å². The molecule has 0 heterocycles. The Bertz CT molecular complexity index is 1240. The van der Waals surface area contributed by atoms with E-state index in [-0.39, 0.29) is 4.90 Å². The predicted octanol–water partition coefficient (Wildman–Crippen LogP) is 5.22. The fraction of sp³-hybridized carbons (Fsp3) is 0.125. The van der Waals surface area contributed by atoms with Crippen molar-refractivity contribution < 1.29 is 8.42 Å². The second-order valence-electron chi connectivity index (χ2n) is 7.11. The number of hydrogen-bond acceptors (Lipinski definition) is 3. The zero-order valence-electron chi connectivity index (χ0n) is 16.2. The molecule has 1 aliphatic carbocycles. The van der Waals surface area contributed by atoms with Crippen LogP contribution in [0.5, 0.6) is 0 Å². The zero-order valence-corrected chi connectivity index (χ0v) is 17.0. The lowest BCUT2D eigenvalue weighted by Gasteiger charge is -2.13. The molecule has 0 saturated carbocycles. The van der Waals surface area contributed by atoms with E-state index >= 15 is 0 Å². The van der Waals surface area contributed by atoms with Gasteiger partial charge in [-0.05, 0) is 65.9 Å². The Balaban J connectivity index is 1.62. The smallest absolute Gasteiger partial charge is 0.200 e. The number of hydrogen-bond donors (Lipinski definition) is 1. The third-order valence-corrected chi connectivity index (χ3v) is 6.13. The van der Waals surface area contributed by atoms with E-state index in [4.69, 9.17) is 0 Å². The first-order valence-corrected chi connectivity index (χ1v) is 11.0. The number of aryl methyl sites for hydroxylation is 1. The van der Waals surface area contributed by atoms with Crippen molar-refractivity contribution in [2.75, 3.05) is 0 Å². The van der Waals surface area contributed by atoms with Crippen LogP contribution < -0.4 is 4.83 Å². The van der Waals surface area contributed by atoms with Gasteiger partial charge in [-0.25, -0.2) is 0 Å². The van der Waals surface area contributed by atoms with Gasteiger partial charge in [-0.2, -0.15) is 18.4 Å². The number of nitrogens with one attached hydrogen (secondary N) is 1. The van der Waals surface area contributed by atoms with E-state index in [0.29, 0.717) is 6.42 Å². The number of benzene rings is 3. The highest BCUT2D eigenvalue weighted by molar-refractivity contribution is 7.89. The number of fused-ring (bicyclic) bond motifs is 1. The number of hydrazone groups is 1. The van der Waals surface area contributed by atoms with Crippen LogP contribution in [0.1, 0.15) is 24.0 Å². The molecule has 0 radical (unpaired) electrons. The molecule has 4 nitrogen and oxygen atoms in total. The third kappa shape index (κ3) is 4.46. The maximum Gasteiger partial charge on any atom is 0.276 e. The Kier molecular flexibility index (Phi) is 5.32. The highest BCUT2D eigenvalue weighted by atomic mass is 32.2. The molecule has 0 aliphatic heterocycles. The Morgan fingerprint density at radius 3 is 2.52 bits per heavy atom. The van der Waals surface area contributed by atoms with Gasteiger partial charge in [0, 0.05) is 0 Å². The van der Waals surface area contributed by atoms with Gasteiger partial charge in [0.25, 0.3) is 10.0 Å². The molecule has 0 amide bonds. The van der Waals surface area contributed by atoms with Gasteiger partial charge in [0.2, 0.25) is 0 Å². The van der Waals surface area contributed by atoms with E-state index in [2.05, 4.69) is 46.3 Å². The Hall–Kier alpha value is -3.18. The van der Waals surface area contributed by atoms with E-state index in [0.717, 1.165) is 28.8 Å². The maximum absolute atomic E-state index is 12.5. The fourth-order valence-corrected chi connectivity index (χ4v) is 4.12. The standard InChI is InChI=1S/C24H22N2O2S/c1-18-10-14-23(15-11-18)29(27,28)26-25-24-9-5-4-8-22(24)17-19-12-13-20-6-2-3-7-21(20)16-19/h2-4,6-8,10-17,26H,5,9H2,1H3/b22-17+,25-24+. The summed E-state index contributed by atoms with van der Waals surface area (Å²) in [6, 6.07) is 21.2. The Labute approximate surface area is 171 Å². The number of nitrogens with zero attached hydrogens (tertiary/aromatic N) is 1. The first-order valence-electron chi connectivity index (χ1n) is 9.54. The summed E-state index contributed by atoms with van der Waals surface area (Å²) < 4.78 is 25.1. The minimum atomic E-state index is -3.69. The predicted molar refractivity (Wildman–Crippen MR) is 119 cm³/mol. The third-order valence-electron chi connectivity index (χ3n) is 4.91. The Morgan fingerprint density at radius 1 is 0.966 bits per heavy atom. The number of rotatable bonds is 4. The molecule has 1 N–H and O–H groups in total. The van der Waals surface area contributed by atoms with Crippen molar-refractivity contribution in [2.45, 2.75) is 24.7 Å². The fourth-order valence-electron chi connectivity index (χ4n) is 3.29. The van der Waals surface area contributed by atoms with Crippen LogP contribution in [0.15, 0.2) is 94.5 Å². The van der Waals surface area contributed by atoms with Crippen molar-refractivity contribution in [3.05, 3.63) is 95.6 Å². The summed E-state index contributed by atoms with van der Waals surface area (Å²) in [4.78, 5) is 2.60. The van der Waals surface area contributed by atoms with Crippen LogP contribution in [-0.2, 0) is 10.0 Å². The van der Waals surface area contributed by atoms with Crippen molar-refractivity contribution in [2.24, 2.45) is 5.10 Å². The monoisotopic (exact) mass is 402 g/mol. The van der Waals surface area contributed by atoms with Crippen molar-refractivity contribution >= 4 is 32.6 Å². The average molecular weight is 403 g/mol. The topological polar surface area (TPSA) is 58.5 Å². The summed E-state index contributed by atoms with van der Waals surface area (Å²) in [5, 5.41) is 6.61. The summed E-state index contributed by atoms with van der Waals surface area (Å²) in [6.45, 7) is 1.92. The first kappa shape index (κ1) is 19.2. The molecule has 0 aromatic heterocycles. The molecule has 29 heavy (non-hydrogen) atoms. The summed E-state index contributed by atoms with van der Waals surface area (Å²) in [7, 11) is -3.69. The molecule has 0 saturated heterocycles. The maximum atomic E-state index is 12.5. The normalized spacial score (nSPS) is 17.1. The van der Waals surface area contributed by atoms with Gasteiger partial charge in [-0.3, -0.25) is 0 Å². The lowest BCUT2D eigenvalue weighted by Crippen LogP contribution is -2.21. The number of sulfonamides is 1. The zero-order chi connectivity index (χ0) is 20.3. The summed E-state index contributed by atoms with van der Waals surface area (Å²) in [6.07, 6.45) is 7.64. The minimum absolute atomic E-state index is 0.207. The van der Waals surface area contributed by atoms with E-state index in [1.807, 2.05) is 31.2 Å². The first-order chi connectivity index (χ1) is 14.0. The largest absolute Gasteiger partial charge is 0.276 e. The van der Waals surface area contributed by atoms with E-state index < -0.39 is 10.0 Å². The summed E-state index contributed by atoms with van der Waals surface area (Å²) >= 11 is 0. The molecule has 5 heteroatoms. The van der Waals surface area contributed by atoms with E-state index in [9.17, 15) is 8.42 Å². The van der Waals surface area contributed by atoms with Gasteiger partial charge in [0.1, 0.15) is 0 Å². The van der Waals surface area contributed by atoms with Gasteiger partial charge in [-0.15, -0.1) is 0 Å². The minimum Gasteiger partial charge on any atom is -0.200 e. The molecule has 0 fully saturated rings. The molecule has 146 valence electrons. The van der Waals surface area contributed by atoms with Crippen LogP contribution in [0.4, 0.5) is 0 Å². The lowest BCUT2D eigenvalue weighted by atomic mass is 9.96. The van der Waals surface area contributed by atoms with Gasteiger partial charge in [0.05, 0.1) is 10.6 Å². The molecule has 0 unspecified atom stereocenters. The molecule has 0 atom stereocenters. The quantitative estimate of drug-likeness (QED) is 0.609. The van der Waals surface area contributed by atoms with Crippen LogP contribution in [0.3, 0.4) is 0 Å². The Morgan fingerprint density at radius 2 is 1.72 bits per heavy atom. The average Bonchev–Trinajstić information content (AvgIpc) is 2.73. The van der Waals surface area contributed by atoms with Gasteiger partial charge >= 0.3 is 0 Å². The van der Waals surface area contributed by atoms with Crippen LogP contribution in [0, 0.1) is 6.92 Å². The molecular formula is C24H22N2O2S. The van der Waals surface area contributed by atoms with Crippen LogP contribution >= 0.6 is 0 Å². The molecule has 3 aromatic rings. The number of allylic oxidation sites excluding steroid dienone is 3. The molecule has 3 aromatic carbocycles. The van der Waals surface area contributed by atoms with Gasteiger partial charge in [-0.1, -0.05) is 66.2 Å². The van der Waals surface area contributed by atoms with E-state index in [1.54, 1.807) is 24.3 Å². The van der Waals surface area contributed by atoms with E-state index in [1.165, 1.54) is 10.8 Å². The van der Waals surface area contributed by atoms with Gasteiger partial charge in [0.15, 0.2) is 0 Å². The molecule has 0 bridgehead atoms. The second kappa shape index (κ2) is 8.05. The highest BCUT2D eigenvalue weighted by Gasteiger charge is 2.15. The second-order valence-corrected chi connectivity index (χ2v) is 8.77. The SMILES string of the molecule is Cc1ccc(S(=O)(=O)N/N=C2\CCC=C\C2=C/c2ccc3ccccc3c2)cc1. The lowest BCUT2D eigenvalue weighted by molar-refractivity contribution is 0.584. The van der Waals surface area contributed by atoms with Crippen LogP contribution in [0.25, 0.3) is 16.8 Å². The molecule has 1 aliphatic rings. The summed E-state index contributed by atoms with van der Waals surface area (Å²) in [5.41, 5.74) is 3.71. The van der Waals surface area contributed by atoms with Crippen molar-refractivity contribution in [3.63, 3.8) is 0 Å². The van der Waals surface area contributed by atoms with Crippen molar-refractivity contribution in [1.29, 1.82) is 0 Å².